The van der Waals surface area contributed by atoms with Crippen LogP contribution in [0.15, 0.2) is 23.4 Å². The van der Waals surface area contributed by atoms with Crippen LogP contribution in [0, 0.1) is 0 Å². The van der Waals surface area contributed by atoms with E-state index in [1.165, 1.54) is 0 Å². The molecule has 1 rings (SSSR count). The van der Waals surface area contributed by atoms with E-state index >= 15 is 0 Å². The maximum atomic E-state index is 12.2. The SMILES string of the molecule is O/N=C(\c1ccc(O)cc1O)C(F)(F)F. The van der Waals surface area contributed by atoms with Crippen LogP contribution in [0.5, 0.6) is 11.5 Å². The number of rotatable bonds is 1. The fourth-order valence-electron chi connectivity index (χ4n) is 0.984. The van der Waals surface area contributed by atoms with E-state index in [0.29, 0.717) is 6.07 Å². The van der Waals surface area contributed by atoms with E-state index in [1.54, 1.807) is 0 Å². The van der Waals surface area contributed by atoms with Gasteiger partial charge in [0.25, 0.3) is 0 Å². The summed E-state index contributed by atoms with van der Waals surface area (Å²) in [5.41, 5.74) is -2.33. The number of hydrogen-bond donors (Lipinski definition) is 3. The zero-order valence-corrected chi connectivity index (χ0v) is 7.15. The molecule has 0 unspecified atom stereocenters. The first-order valence-corrected chi connectivity index (χ1v) is 3.68. The quantitative estimate of drug-likeness (QED) is 0.385. The van der Waals surface area contributed by atoms with E-state index in [-0.39, 0.29) is 0 Å². The molecule has 82 valence electrons. The highest BCUT2D eigenvalue weighted by atomic mass is 19.4. The lowest BCUT2D eigenvalue weighted by atomic mass is 10.1. The molecule has 0 saturated carbocycles. The standard InChI is InChI=1S/C8H6F3NO3/c9-8(10,11)7(12-15)5-2-1-4(13)3-6(5)14/h1-3,13-15H/b12-7+. The van der Waals surface area contributed by atoms with E-state index in [9.17, 15) is 13.2 Å². The zero-order valence-electron chi connectivity index (χ0n) is 7.15. The first-order valence-electron chi connectivity index (χ1n) is 3.68. The van der Waals surface area contributed by atoms with Gasteiger partial charge in [-0.3, -0.25) is 0 Å². The molecular weight excluding hydrogens is 215 g/mol. The van der Waals surface area contributed by atoms with Crippen molar-refractivity contribution in [1.82, 2.24) is 0 Å². The minimum absolute atomic E-state index is 0.393. The van der Waals surface area contributed by atoms with E-state index in [1.807, 2.05) is 0 Å². The molecule has 0 aliphatic carbocycles. The zero-order chi connectivity index (χ0) is 11.6. The normalized spacial score (nSPS) is 12.9. The number of aromatic hydroxyl groups is 2. The minimum Gasteiger partial charge on any atom is -0.508 e. The van der Waals surface area contributed by atoms with Gasteiger partial charge in [-0.2, -0.15) is 13.2 Å². The van der Waals surface area contributed by atoms with Crippen molar-refractivity contribution in [3.05, 3.63) is 23.8 Å². The van der Waals surface area contributed by atoms with Crippen molar-refractivity contribution in [1.29, 1.82) is 0 Å². The molecular formula is C8H6F3NO3. The second-order valence-corrected chi connectivity index (χ2v) is 2.65. The van der Waals surface area contributed by atoms with Crippen molar-refractivity contribution in [3.8, 4) is 11.5 Å². The second kappa shape index (κ2) is 3.68. The van der Waals surface area contributed by atoms with Gasteiger partial charge >= 0.3 is 6.18 Å². The summed E-state index contributed by atoms with van der Waals surface area (Å²) < 4.78 is 36.7. The maximum absolute atomic E-state index is 12.2. The molecule has 3 N–H and O–H groups in total. The molecule has 0 bridgehead atoms. The van der Waals surface area contributed by atoms with Crippen molar-refractivity contribution in [3.63, 3.8) is 0 Å². The van der Waals surface area contributed by atoms with Gasteiger partial charge in [0.15, 0.2) is 5.71 Å². The summed E-state index contributed by atoms with van der Waals surface area (Å²) in [6, 6.07) is 2.45. The molecule has 0 aromatic heterocycles. The van der Waals surface area contributed by atoms with Crippen LogP contribution in [0.4, 0.5) is 13.2 Å². The second-order valence-electron chi connectivity index (χ2n) is 2.65. The number of halogens is 3. The van der Waals surface area contributed by atoms with Gasteiger partial charge in [-0.15, -0.1) is 0 Å². The third-order valence-corrected chi connectivity index (χ3v) is 1.60. The number of phenols is 2. The smallest absolute Gasteiger partial charge is 0.437 e. The molecule has 7 heteroatoms. The summed E-state index contributed by atoms with van der Waals surface area (Å²) in [4.78, 5) is 0. The van der Waals surface area contributed by atoms with Gasteiger partial charge in [-0.1, -0.05) is 5.16 Å². The number of phenolic OH excluding ortho intramolecular Hbond substituents is 2. The first kappa shape index (κ1) is 11.2. The highest BCUT2D eigenvalue weighted by Gasteiger charge is 2.39. The van der Waals surface area contributed by atoms with Crippen LogP contribution in [0.3, 0.4) is 0 Å². The average Bonchev–Trinajstić information content (AvgIpc) is 2.07. The number of alkyl halides is 3. The minimum atomic E-state index is -4.89. The van der Waals surface area contributed by atoms with Gasteiger partial charge in [-0.05, 0) is 12.1 Å². The predicted octanol–water partition coefficient (Wildman–Crippen LogP) is 1.84. The maximum Gasteiger partial charge on any atom is 0.437 e. The van der Waals surface area contributed by atoms with Gasteiger partial charge in [0, 0.05) is 6.07 Å². The Labute approximate surface area is 81.9 Å². The van der Waals surface area contributed by atoms with Gasteiger partial charge < -0.3 is 15.4 Å². The Bertz CT molecular complexity index is 401. The Hall–Kier alpha value is -1.92. The lowest BCUT2D eigenvalue weighted by Gasteiger charge is -2.09. The summed E-state index contributed by atoms with van der Waals surface area (Å²) in [6.07, 6.45) is -4.89. The van der Waals surface area contributed by atoms with E-state index in [0.717, 1.165) is 12.1 Å². The molecule has 0 aliphatic heterocycles. The molecule has 1 aromatic rings. The highest BCUT2D eigenvalue weighted by Crippen LogP contribution is 2.29. The fourth-order valence-corrected chi connectivity index (χ4v) is 0.984. The summed E-state index contributed by atoms with van der Waals surface area (Å²) in [6.45, 7) is 0. The third kappa shape index (κ3) is 2.30. The van der Waals surface area contributed by atoms with Crippen molar-refractivity contribution < 1.29 is 28.6 Å². The number of benzene rings is 1. The number of hydrogen-bond acceptors (Lipinski definition) is 4. The van der Waals surface area contributed by atoms with Gasteiger partial charge in [0.2, 0.25) is 0 Å². The number of nitrogens with zero attached hydrogens (tertiary/aromatic N) is 1. The molecule has 0 heterocycles. The van der Waals surface area contributed by atoms with Crippen molar-refractivity contribution in [2.45, 2.75) is 6.18 Å². The monoisotopic (exact) mass is 221 g/mol. The molecule has 1 aromatic carbocycles. The Kier molecular flexibility index (Phi) is 2.74. The van der Waals surface area contributed by atoms with Crippen LogP contribution in [0.2, 0.25) is 0 Å². The molecule has 0 spiro atoms. The summed E-state index contributed by atoms with van der Waals surface area (Å²) >= 11 is 0. The molecule has 15 heavy (non-hydrogen) atoms. The predicted molar refractivity (Wildman–Crippen MR) is 44.2 cm³/mol. The number of oxime groups is 1. The van der Waals surface area contributed by atoms with Crippen molar-refractivity contribution >= 4 is 5.71 Å². The molecule has 0 radical (unpaired) electrons. The molecule has 0 amide bonds. The van der Waals surface area contributed by atoms with Crippen LogP contribution in [-0.2, 0) is 0 Å². The van der Waals surface area contributed by atoms with Crippen LogP contribution in [-0.4, -0.2) is 27.3 Å². The lowest BCUT2D eigenvalue weighted by molar-refractivity contribution is -0.0602. The Balaban J connectivity index is 3.27. The van der Waals surface area contributed by atoms with E-state index in [2.05, 4.69) is 5.16 Å². The van der Waals surface area contributed by atoms with Crippen LogP contribution in [0.25, 0.3) is 0 Å². The molecule has 0 saturated heterocycles. The van der Waals surface area contributed by atoms with Crippen molar-refractivity contribution in [2.24, 2.45) is 5.16 Å². The lowest BCUT2D eigenvalue weighted by Crippen LogP contribution is -2.24. The van der Waals surface area contributed by atoms with Crippen LogP contribution in [0.1, 0.15) is 5.56 Å². The van der Waals surface area contributed by atoms with Gasteiger partial charge in [0.1, 0.15) is 11.5 Å². The largest absolute Gasteiger partial charge is 0.508 e. The van der Waals surface area contributed by atoms with E-state index < -0.39 is 29.0 Å². The molecule has 0 atom stereocenters. The van der Waals surface area contributed by atoms with E-state index in [4.69, 9.17) is 15.4 Å². The Morgan fingerprint density at radius 1 is 1.20 bits per heavy atom. The topological polar surface area (TPSA) is 73.1 Å². The Morgan fingerprint density at radius 2 is 1.80 bits per heavy atom. The van der Waals surface area contributed by atoms with Gasteiger partial charge in [-0.25, -0.2) is 0 Å². The van der Waals surface area contributed by atoms with Crippen molar-refractivity contribution in [2.75, 3.05) is 0 Å². The third-order valence-electron chi connectivity index (χ3n) is 1.60. The highest BCUT2D eigenvalue weighted by molar-refractivity contribution is 6.06. The van der Waals surface area contributed by atoms with Crippen LogP contribution < -0.4 is 0 Å². The average molecular weight is 221 g/mol. The first-order chi connectivity index (χ1) is 6.86. The summed E-state index contributed by atoms with van der Waals surface area (Å²) in [7, 11) is 0. The Morgan fingerprint density at radius 3 is 2.20 bits per heavy atom. The van der Waals surface area contributed by atoms with Crippen LogP contribution >= 0.6 is 0 Å². The summed E-state index contributed by atoms with van der Waals surface area (Å²) in [5.74, 6) is -1.21. The molecule has 0 aliphatic rings. The fraction of sp³-hybridized carbons (Fsp3) is 0.125. The molecule has 4 nitrogen and oxygen atoms in total. The van der Waals surface area contributed by atoms with Gasteiger partial charge in [0.05, 0.1) is 5.56 Å². The molecule has 0 fully saturated rings. The summed E-state index contributed by atoms with van der Waals surface area (Å²) in [5, 5.41) is 28.2.